The molecule has 0 aliphatic carbocycles. The van der Waals surface area contributed by atoms with Crippen molar-refractivity contribution in [3.8, 4) is 0 Å². The Balaban J connectivity index is 3.04. The van der Waals surface area contributed by atoms with Crippen LogP contribution in [-0.4, -0.2) is 29.9 Å². The van der Waals surface area contributed by atoms with E-state index in [-0.39, 0.29) is 5.91 Å². The molecule has 0 atom stereocenters. The molecule has 0 aliphatic rings. The predicted molar refractivity (Wildman–Crippen MR) is 54.4 cm³/mol. The number of amides is 1. The Kier molecular flexibility index (Phi) is 2.87. The summed E-state index contributed by atoms with van der Waals surface area (Å²) < 4.78 is 0.697. The number of hydrogen-bond acceptors (Lipinski definition) is 3. The van der Waals surface area contributed by atoms with Crippen LogP contribution in [0.3, 0.4) is 0 Å². The Bertz CT molecular complexity index is 338. The number of nitrogen functional groups attached to an aromatic ring is 1. The van der Waals surface area contributed by atoms with Crippen molar-refractivity contribution in [2.24, 2.45) is 0 Å². The second-order valence-electron chi connectivity index (χ2n) is 2.76. The maximum Gasteiger partial charge on any atom is 0.272 e. The Labute approximate surface area is 84.9 Å². The van der Waals surface area contributed by atoms with Gasteiger partial charge in [-0.05, 0) is 28.1 Å². The molecule has 0 fully saturated rings. The van der Waals surface area contributed by atoms with Crippen molar-refractivity contribution in [2.45, 2.75) is 0 Å². The zero-order valence-corrected chi connectivity index (χ0v) is 9.00. The van der Waals surface area contributed by atoms with Crippen LogP contribution in [0.15, 0.2) is 16.6 Å². The Morgan fingerprint density at radius 1 is 1.54 bits per heavy atom. The van der Waals surface area contributed by atoms with Crippen LogP contribution in [0.4, 0.5) is 5.82 Å². The summed E-state index contributed by atoms with van der Waals surface area (Å²) in [6.45, 7) is 0. The average Bonchev–Trinajstić information content (AvgIpc) is 2.08. The van der Waals surface area contributed by atoms with Crippen molar-refractivity contribution >= 4 is 27.7 Å². The monoisotopic (exact) mass is 243 g/mol. The normalized spacial score (nSPS) is 9.77. The fraction of sp³-hybridized carbons (Fsp3) is 0.250. The van der Waals surface area contributed by atoms with E-state index < -0.39 is 0 Å². The van der Waals surface area contributed by atoms with Crippen molar-refractivity contribution in [2.75, 3.05) is 19.8 Å². The molecule has 0 aliphatic heterocycles. The number of rotatable bonds is 1. The fourth-order valence-electron chi connectivity index (χ4n) is 0.806. The molecule has 5 heteroatoms. The zero-order chi connectivity index (χ0) is 10.0. The third kappa shape index (κ3) is 2.18. The van der Waals surface area contributed by atoms with E-state index in [0.29, 0.717) is 16.0 Å². The number of pyridine rings is 1. The number of nitrogens with two attached hydrogens (primary N) is 1. The average molecular weight is 244 g/mol. The maximum absolute atomic E-state index is 11.4. The van der Waals surface area contributed by atoms with E-state index in [1.165, 1.54) is 4.90 Å². The summed E-state index contributed by atoms with van der Waals surface area (Å²) >= 11 is 3.20. The lowest BCUT2D eigenvalue weighted by atomic mass is 10.3. The lowest BCUT2D eigenvalue weighted by molar-refractivity contribution is 0.0822. The van der Waals surface area contributed by atoms with E-state index >= 15 is 0 Å². The Morgan fingerprint density at radius 3 is 2.62 bits per heavy atom. The molecule has 2 N–H and O–H groups in total. The molecular formula is C8H10BrN3O. The number of anilines is 1. The molecule has 0 saturated heterocycles. The van der Waals surface area contributed by atoms with Gasteiger partial charge in [0, 0.05) is 14.1 Å². The van der Waals surface area contributed by atoms with Gasteiger partial charge in [-0.1, -0.05) is 0 Å². The van der Waals surface area contributed by atoms with Crippen molar-refractivity contribution < 1.29 is 4.79 Å². The molecule has 0 radical (unpaired) electrons. The number of hydrogen-bond donors (Lipinski definition) is 1. The van der Waals surface area contributed by atoms with Crippen molar-refractivity contribution in [1.82, 2.24) is 9.88 Å². The van der Waals surface area contributed by atoms with Gasteiger partial charge in [0.05, 0.1) is 4.47 Å². The number of nitrogens with zero attached hydrogens (tertiary/aromatic N) is 2. The third-order valence-electron chi connectivity index (χ3n) is 1.50. The zero-order valence-electron chi connectivity index (χ0n) is 7.41. The van der Waals surface area contributed by atoms with Crippen LogP contribution in [0.2, 0.25) is 0 Å². The summed E-state index contributed by atoms with van der Waals surface area (Å²) in [6, 6.07) is 3.34. The van der Waals surface area contributed by atoms with Gasteiger partial charge in [-0.15, -0.1) is 0 Å². The van der Waals surface area contributed by atoms with E-state index in [2.05, 4.69) is 20.9 Å². The first kappa shape index (κ1) is 9.98. The van der Waals surface area contributed by atoms with Crippen LogP contribution in [0.25, 0.3) is 0 Å². The lowest BCUT2D eigenvalue weighted by Crippen LogP contribution is -2.23. The minimum absolute atomic E-state index is 0.154. The van der Waals surface area contributed by atoms with Gasteiger partial charge in [0.2, 0.25) is 0 Å². The lowest BCUT2D eigenvalue weighted by Gasteiger charge is -2.09. The molecule has 0 aromatic carbocycles. The minimum atomic E-state index is -0.154. The second-order valence-corrected chi connectivity index (χ2v) is 3.62. The Morgan fingerprint density at radius 2 is 2.15 bits per heavy atom. The maximum atomic E-state index is 11.4. The molecular weight excluding hydrogens is 234 g/mol. The van der Waals surface area contributed by atoms with E-state index in [1.807, 2.05) is 0 Å². The first-order valence-electron chi connectivity index (χ1n) is 3.66. The van der Waals surface area contributed by atoms with Crippen molar-refractivity contribution in [3.05, 3.63) is 22.3 Å². The molecule has 0 spiro atoms. The molecule has 0 unspecified atom stereocenters. The number of carbonyl (C=O) groups is 1. The number of halogens is 1. The molecule has 0 saturated carbocycles. The topological polar surface area (TPSA) is 59.2 Å². The van der Waals surface area contributed by atoms with Crippen molar-refractivity contribution in [1.29, 1.82) is 0 Å². The summed E-state index contributed by atoms with van der Waals surface area (Å²) in [5, 5.41) is 0. The molecule has 1 aromatic rings. The molecule has 70 valence electrons. The largest absolute Gasteiger partial charge is 0.383 e. The van der Waals surface area contributed by atoms with Crippen LogP contribution in [0.5, 0.6) is 0 Å². The minimum Gasteiger partial charge on any atom is -0.383 e. The second kappa shape index (κ2) is 3.74. The van der Waals surface area contributed by atoms with E-state index in [4.69, 9.17) is 5.73 Å². The van der Waals surface area contributed by atoms with Gasteiger partial charge in [-0.3, -0.25) is 4.79 Å². The summed E-state index contributed by atoms with van der Waals surface area (Å²) in [7, 11) is 3.34. The molecule has 1 amide bonds. The number of carbonyl (C=O) groups excluding carboxylic acids is 1. The van der Waals surface area contributed by atoms with E-state index in [1.54, 1.807) is 26.2 Å². The van der Waals surface area contributed by atoms with Crippen LogP contribution in [-0.2, 0) is 0 Å². The van der Waals surface area contributed by atoms with Gasteiger partial charge in [0.1, 0.15) is 11.5 Å². The van der Waals surface area contributed by atoms with Crippen molar-refractivity contribution in [3.63, 3.8) is 0 Å². The van der Waals surface area contributed by atoms with Gasteiger partial charge in [0.15, 0.2) is 0 Å². The molecule has 4 nitrogen and oxygen atoms in total. The van der Waals surface area contributed by atoms with E-state index in [9.17, 15) is 4.79 Å². The molecule has 1 aromatic heterocycles. The number of aromatic nitrogens is 1. The smallest absolute Gasteiger partial charge is 0.272 e. The SMILES string of the molecule is CN(C)C(=O)c1ccc(Br)c(N)n1. The highest BCUT2D eigenvalue weighted by Crippen LogP contribution is 2.16. The van der Waals surface area contributed by atoms with Crippen LogP contribution >= 0.6 is 15.9 Å². The molecule has 1 rings (SSSR count). The standard InChI is InChI=1S/C8H10BrN3O/c1-12(2)8(13)6-4-3-5(9)7(10)11-6/h3-4H,1-2H3,(H2,10,11). The summed E-state index contributed by atoms with van der Waals surface area (Å²) in [6.07, 6.45) is 0. The first-order valence-corrected chi connectivity index (χ1v) is 4.45. The van der Waals surface area contributed by atoms with Crippen LogP contribution < -0.4 is 5.73 Å². The molecule has 1 heterocycles. The highest BCUT2D eigenvalue weighted by atomic mass is 79.9. The predicted octanol–water partition coefficient (Wildman–Crippen LogP) is 1.13. The van der Waals surface area contributed by atoms with Gasteiger partial charge in [-0.2, -0.15) is 0 Å². The summed E-state index contributed by atoms with van der Waals surface area (Å²) in [5.41, 5.74) is 5.88. The summed E-state index contributed by atoms with van der Waals surface area (Å²) in [4.78, 5) is 16.8. The van der Waals surface area contributed by atoms with Gasteiger partial charge in [0.25, 0.3) is 5.91 Å². The Hall–Kier alpha value is -1.10. The quantitative estimate of drug-likeness (QED) is 0.805. The highest BCUT2D eigenvalue weighted by Gasteiger charge is 2.10. The van der Waals surface area contributed by atoms with Gasteiger partial charge < -0.3 is 10.6 Å². The first-order chi connectivity index (χ1) is 6.02. The van der Waals surface area contributed by atoms with Gasteiger partial charge in [-0.25, -0.2) is 4.98 Å². The summed E-state index contributed by atoms with van der Waals surface area (Å²) in [5.74, 6) is 0.173. The van der Waals surface area contributed by atoms with Crippen LogP contribution in [0, 0.1) is 0 Å². The van der Waals surface area contributed by atoms with Gasteiger partial charge >= 0.3 is 0 Å². The third-order valence-corrected chi connectivity index (χ3v) is 2.17. The van der Waals surface area contributed by atoms with Crippen LogP contribution in [0.1, 0.15) is 10.5 Å². The van der Waals surface area contributed by atoms with E-state index in [0.717, 1.165) is 0 Å². The fourth-order valence-corrected chi connectivity index (χ4v) is 1.03. The highest BCUT2D eigenvalue weighted by molar-refractivity contribution is 9.10. The molecule has 0 bridgehead atoms. The molecule has 13 heavy (non-hydrogen) atoms.